The molecule has 0 saturated heterocycles. The number of aryl methyl sites for hydroxylation is 1. The summed E-state index contributed by atoms with van der Waals surface area (Å²) in [5.74, 6) is 1.45. The number of nitrogens with one attached hydrogen (secondary N) is 2. The van der Waals surface area contributed by atoms with Gasteiger partial charge in [0.05, 0.1) is 16.3 Å². The Labute approximate surface area is 184 Å². The van der Waals surface area contributed by atoms with Gasteiger partial charge in [-0.2, -0.15) is 4.98 Å². The monoisotopic (exact) mass is 456 g/mol. The number of benzene rings is 2. The van der Waals surface area contributed by atoms with E-state index >= 15 is 0 Å². The zero-order chi connectivity index (χ0) is 22.2. The molecule has 11 heteroatoms. The summed E-state index contributed by atoms with van der Waals surface area (Å²) < 4.78 is 22.8. The maximum Gasteiger partial charge on any atom is 0.238 e. The number of fused-ring (bicyclic) bond motifs is 1. The summed E-state index contributed by atoms with van der Waals surface area (Å²) in [4.78, 5) is 23.5. The number of primary sulfonamides is 1. The minimum atomic E-state index is -3.75. The molecule has 4 N–H and O–H groups in total. The Bertz CT molecular complexity index is 1260. The minimum absolute atomic E-state index is 0.0271. The Morgan fingerprint density at radius 2 is 1.81 bits per heavy atom. The van der Waals surface area contributed by atoms with Gasteiger partial charge in [0.25, 0.3) is 0 Å². The van der Waals surface area contributed by atoms with Crippen molar-refractivity contribution in [2.24, 2.45) is 5.14 Å². The zero-order valence-corrected chi connectivity index (χ0v) is 18.4. The first-order valence-electron chi connectivity index (χ1n) is 9.25. The number of nitrogens with two attached hydrogens (primary N) is 1. The van der Waals surface area contributed by atoms with Crippen LogP contribution in [0.25, 0.3) is 0 Å². The molecule has 9 nitrogen and oxygen atoms in total. The average molecular weight is 457 g/mol. The molecule has 1 aromatic heterocycles. The molecule has 0 spiro atoms. The first-order valence-corrected chi connectivity index (χ1v) is 11.8. The van der Waals surface area contributed by atoms with E-state index in [1.54, 1.807) is 30.3 Å². The molecule has 0 aliphatic carbocycles. The number of hydrogen-bond donors (Lipinski definition) is 3. The molecule has 0 bridgehead atoms. The van der Waals surface area contributed by atoms with Crippen molar-refractivity contribution in [3.8, 4) is 0 Å². The number of carbonyl (C=O) groups excluding carboxylic acids is 1. The lowest BCUT2D eigenvalue weighted by Crippen LogP contribution is -2.31. The van der Waals surface area contributed by atoms with Gasteiger partial charge >= 0.3 is 0 Å². The molecule has 160 valence electrons. The van der Waals surface area contributed by atoms with Crippen LogP contribution >= 0.6 is 11.8 Å². The average Bonchev–Trinajstić information content (AvgIpc) is 2.73. The van der Waals surface area contributed by atoms with E-state index < -0.39 is 10.0 Å². The van der Waals surface area contributed by atoms with E-state index in [0.717, 1.165) is 21.8 Å². The van der Waals surface area contributed by atoms with Crippen LogP contribution in [0.1, 0.15) is 5.56 Å². The summed E-state index contributed by atoms with van der Waals surface area (Å²) in [6.07, 6.45) is 1.68. The van der Waals surface area contributed by atoms with Gasteiger partial charge in [-0.15, -0.1) is 11.8 Å². The Morgan fingerprint density at radius 1 is 1.10 bits per heavy atom. The molecular weight excluding hydrogens is 436 g/mol. The highest BCUT2D eigenvalue weighted by Crippen LogP contribution is 2.37. The van der Waals surface area contributed by atoms with Crippen LogP contribution in [-0.2, 0) is 14.8 Å². The quantitative estimate of drug-likeness (QED) is 0.534. The summed E-state index contributed by atoms with van der Waals surface area (Å²) >= 11 is 1.52. The number of carbonyl (C=O) groups is 1. The van der Waals surface area contributed by atoms with Crippen molar-refractivity contribution in [2.75, 3.05) is 28.3 Å². The fraction of sp³-hybridized carbons (Fsp3) is 0.150. The second-order valence-electron chi connectivity index (χ2n) is 6.97. The van der Waals surface area contributed by atoms with Crippen LogP contribution in [0.15, 0.2) is 58.5 Å². The fourth-order valence-electron chi connectivity index (χ4n) is 2.97. The summed E-state index contributed by atoms with van der Waals surface area (Å²) in [5, 5.41) is 11.4. The third kappa shape index (κ3) is 4.63. The van der Waals surface area contributed by atoms with Crippen LogP contribution in [0.5, 0.6) is 0 Å². The lowest BCUT2D eigenvalue weighted by Gasteiger charge is -2.25. The molecule has 0 radical (unpaired) electrons. The Balaban J connectivity index is 1.55. The molecule has 0 unspecified atom stereocenters. The van der Waals surface area contributed by atoms with Gasteiger partial charge in [0.1, 0.15) is 5.82 Å². The zero-order valence-electron chi connectivity index (χ0n) is 16.8. The van der Waals surface area contributed by atoms with Crippen LogP contribution in [0.2, 0.25) is 0 Å². The van der Waals surface area contributed by atoms with Crippen molar-refractivity contribution in [3.63, 3.8) is 0 Å². The number of hydrogen-bond acceptors (Lipinski definition) is 8. The lowest BCUT2D eigenvalue weighted by molar-refractivity contribution is -0.116. The topological polar surface area (TPSA) is 130 Å². The predicted molar refractivity (Wildman–Crippen MR) is 122 cm³/mol. The molecule has 31 heavy (non-hydrogen) atoms. The molecular formula is C20H20N6O3S2. The largest absolute Gasteiger partial charge is 0.340 e. The molecule has 2 heterocycles. The molecule has 3 aromatic rings. The first kappa shape index (κ1) is 21.1. The summed E-state index contributed by atoms with van der Waals surface area (Å²) in [5.41, 5.74) is 3.11. The molecule has 4 rings (SSSR count). The second-order valence-corrected chi connectivity index (χ2v) is 9.55. The summed E-state index contributed by atoms with van der Waals surface area (Å²) in [7, 11) is -1.98. The number of sulfonamides is 1. The number of rotatable bonds is 5. The number of aromatic nitrogens is 2. The number of amides is 1. The van der Waals surface area contributed by atoms with E-state index in [-0.39, 0.29) is 10.8 Å². The van der Waals surface area contributed by atoms with Crippen LogP contribution < -0.4 is 20.7 Å². The van der Waals surface area contributed by atoms with Gasteiger partial charge in [-0.3, -0.25) is 4.79 Å². The number of thioether (sulfide) groups is 1. The summed E-state index contributed by atoms with van der Waals surface area (Å²) in [6.45, 7) is 1.89. The molecule has 0 saturated carbocycles. The van der Waals surface area contributed by atoms with Gasteiger partial charge in [-0.05, 0) is 49.4 Å². The Hall–Kier alpha value is -3.15. The summed E-state index contributed by atoms with van der Waals surface area (Å²) in [6, 6.07) is 11.8. The van der Waals surface area contributed by atoms with Crippen molar-refractivity contribution in [2.45, 2.75) is 16.7 Å². The number of nitrogens with zero attached hydrogens (tertiary/aromatic N) is 3. The van der Waals surface area contributed by atoms with Crippen LogP contribution in [0.3, 0.4) is 0 Å². The molecule has 1 amide bonds. The van der Waals surface area contributed by atoms with E-state index in [9.17, 15) is 13.2 Å². The molecule has 0 fully saturated rings. The van der Waals surface area contributed by atoms with Gasteiger partial charge in [0.2, 0.25) is 21.9 Å². The van der Waals surface area contributed by atoms with Gasteiger partial charge in [-0.25, -0.2) is 18.5 Å². The molecule has 0 atom stereocenters. The molecule has 2 aromatic carbocycles. The van der Waals surface area contributed by atoms with E-state index in [2.05, 4.69) is 20.6 Å². The van der Waals surface area contributed by atoms with Crippen molar-refractivity contribution in [3.05, 3.63) is 54.2 Å². The lowest BCUT2D eigenvalue weighted by atomic mass is 10.2. The van der Waals surface area contributed by atoms with Crippen molar-refractivity contribution in [1.82, 2.24) is 9.97 Å². The smallest absolute Gasteiger partial charge is 0.238 e. The molecule has 1 aliphatic rings. The minimum Gasteiger partial charge on any atom is -0.340 e. The van der Waals surface area contributed by atoms with Crippen molar-refractivity contribution < 1.29 is 13.2 Å². The SMILES string of the molecule is Cc1cnc(Nc2ccc(S(N)(=O)=O)cc2)nc1Nc1ccc2c(c1)N(C)C(=O)CS2. The van der Waals surface area contributed by atoms with E-state index in [0.29, 0.717) is 23.2 Å². The number of anilines is 5. The Morgan fingerprint density at radius 3 is 2.52 bits per heavy atom. The third-order valence-electron chi connectivity index (χ3n) is 4.72. The van der Waals surface area contributed by atoms with Gasteiger partial charge < -0.3 is 15.5 Å². The van der Waals surface area contributed by atoms with E-state index in [1.165, 1.54) is 23.9 Å². The van der Waals surface area contributed by atoms with E-state index in [1.807, 2.05) is 25.1 Å². The maximum atomic E-state index is 12.0. The standard InChI is InChI=1S/C20H20N6O3S2/c1-12-10-22-20(24-13-3-6-15(7-4-13)31(21,28)29)25-19(12)23-14-5-8-17-16(9-14)26(2)18(27)11-30-17/h3-10H,11H2,1-2H3,(H2,21,28,29)(H2,22,23,24,25). The Kier molecular flexibility index (Phi) is 5.56. The molecule has 1 aliphatic heterocycles. The first-order chi connectivity index (χ1) is 14.7. The van der Waals surface area contributed by atoms with Crippen LogP contribution in [-0.4, -0.2) is 37.1 Å². The van der Waals surface area contributed by atoms with Crippen molar-refractivity contribution >= 4 is 56.5 Å². The second kappa shape index (κ2) is 8.17. The van der Waals surface area contributed by atoms with Gasteiger partial charge in [0, 0.05) is 35.1 Å². The highest BCUT2D eigenvalue weighted by atomic mass is 32.2. The van der Waals surface area contributed by atoms with Crippen LogP contribution in [0, 0.1) is 6.92 Å². The predicted octanol–water partition coefficient (Wildman–Crippen LogP) is 2.99. The fourth-order valence-corrected chi connectivity index (χ4v) is 4.47. The van der Waals surface area contributed by atoms with E-state index in [4.69, 9.17) is 5.14 Å². The van der Waals surface area contributed by atoms with Crippen molar-refractivity contribution in [1.29, 1.82) is 0 Å². The highest BCUT2D eigenvalue weighted by Gasteiger charge is 2.21. The third-order valence-corrected chi connectivity index (χ3v) is 6.70. The van der Waals surface area contributed by atoms with Gasteiger partial charge in [-0.1, -0.05) is 0 Å². The maximum absolute atomic E-state index is 12.0. The van der Waals surface area contributed by atoms with Gasteiger partial charge in [0.15, 0.2) is 0 Å². The normalized spacial score (nSPS) is 13.6. The highest BCUT2D eigenvalue weighted by molar-refractivity contribution is 8.00. The van der Waals surface area contributed by atoms with Crippen LogP contribution in [0.4, 0.5) is 28.8 Å².